The zero-order chi connectivity index (χ0) is 15.0. The number of hydrogen-bond acceptors (Lipinski definition) is 2. The molecule has 0 aliphatic carbocycles. The minimum atomic E-state index is -4.56. The van der Waals surface area contributed by atoms with Crippen molar-refractivity contribution in [3.8, 4) is 0 Å². The minimum absolute atomic E-state index is 0.298. The highest BCUT2D eigenvalue weighted by atomic mass is 32.2. The van der Waals surface area contributed by atoms with Crippen LogP contribution in [0.3, 0.4) is 0 Å². The largest absolute Gasteiger partial charge is 0.416 e. The number of hydrogen-bond donors (Lipinski definition) is 0. The molecule has 1 aliphatic heterocycles. The van der Waals surface area contributed by atoms with Gasteiger partial charge in [0.15, 0.2) is 0 Å². The summed E-state index contributed by atoms with van der Waals surface area (Å²) in [6.07, 6.45) is -2.36. The highest BCUT2D eigenvalue weighted by molar-refractivity contribution is 7.89. The number of halogens is 3. The van der Waals surface area contributed by atoms with Gasteiger partial charge < -0.3 is 0 Å². The Morgan fingerprint density at radius 1 is 1.25 bits per heavy atom. The van der Waals surface area contributed by atoms with E-state index < -0.39 is 27.8 Å². The summed E-state index contributed by atoms with van der Waals surface area (Å²) < 4.78 is 63.9. The first-order chi connectivity index (χ1) is 9.23. The SMILES string of the molecule is [CH2][C@H]1CCCCN1S(=O)(=O)c1cccc(C(F)(F)F)c1. The normalized spacial score (nSPS) is 21.9. The molecular weight excluding hydrogens is 291 g/mol. The Morgan fingerprint density at radius 2 is 1.95 bits per heavy atom. The Kier molecular flexibility index (Phi) is 4.11. The Balaban J connectivity index is 2.39. The molecule has 20 heavy (non-hydrogen) atoms. The van der Waals surface area contributed by atoms with Gasteiger partial charge in [-0.15, -0.1) is 0 Å². The third-order valence-corrected chi connectivity index (χ3v) is 5.29. The molecular formula is C13H15F3NO2S. The molecule has 1 saturated heterocycles. The topological polar surface area (TPSA) is 37.4 Å². The molecule has 1 aromatic carbocycles. The van der Waals surface area contributed by atoms with Crippen molar-refractivity contribution < 1.29 is 21.6 Å². The number of rotatable bonds is 2. The summed E-state index contributed by atoms with van der Waals surface area (Å²) in [4.78, 5) is -0.331. The van der Waals surface area contributed by atoms with E-state index in [-0.39, 0.29) is 4.90 Å². The van der Waals surface area contributed by atoms with Crippen LogP contribution < -0.4 is 0 Å². The molecule has 0 amide bonds. The van der Waals surface area contributed by atoms with Gasteiger partial charge in [0.05, 0.1) is 10.5 Å². The van der Waals surface area contributed by atoms with E-state index in [1.807, 2.05) is 0 Å². The first-order valence-electron chi connectivity index (χ1n) is 6.25. The number of piperidine rings is 1. The quantitative estimate of drug-likeness (QED) is 0.842. The molecule has 0 N–H and O–H groups in total. The van der Waals surface area contributed by atoms with Crippen LogP contribution in [0.15, 0.2) is 29.2 Å². The number of benzene rings is 1. The lowest BCUT2D eigenvalue weighted by molar-refractivity contribution is -0.137. The van der Waals surface area contributed by atoms with Gasteiger partial charge in [0.2, 0.25) is 10.0 Å². The van der Waals surface area contributed by atoms with Gasteiger partial charge in [0.25, 0.3) is 0 Å². The lowest BCUT2D eigenvalue weighted by Gasteiger charge is -2.32. The number of nitrogens with zero attached hydrogens (tertiary/aromatic N) is 1. The molecule has 0 aromatic heterocycles. The van der Waals surface area contributed by atoms with Crippen LogP contribution >= 0.6 is 0 Å². The fraction of sp³-hybridized carbons (Fsp3) is 0.462. The lowest BCUT2D eigenvalue weighted by Crippen LogP contribution is -2.42. The average molecular weight is 306 g/mol. The maximum atomic E-state index is 12.7. The van der Waals surface area contributed by atoms with Crippen LogP contribution in [0.4, 0.5) is 13.2 Å². The summed E-state index contributed by atoms with van der Waals surface area (Å²) in [6.45, 7) is 4.06. The van der Waals surface area contributed by atoms with Gasteiger partial charge in [0.1, 0.15) is 0 Å². The second-order valence-electron chi connectivity index (χ2n) is 4.79. The lowest BCUT2D eigenvalue weighted by atomic mass is 10.1. The molecule has 1 atom stereocenters. The highest BCUT2D eigenvalue weighted by Crippen LogP contribution is 2.32. The number of sulfonamides is 1. The first-order valence-corrected chi connectivity index (χ1v) is 7.69. The molecule has 2 rings (SSSR count). The Hall–Kier alpha value is -1.08. The molecule has 1 aromatic rings. The molecule has 0 unspecified atom stereocenters. The predicted octanol–water partition coefficient (Wildman–Crippen LogP) is 3.08. The molecule has 1 radical (unpaired) electrons. The van der Waals surface area contributed by atoms with Crippen LogP contribution in [0.5, 0.6) is 0 Å². The molecule has 0 saturated carbocycles. The molecule has 1 fully saturated rings. The zero-order valence-corrected chi connectivity index (χ0v) is 11.5. The van der Waals surface area contributed by atoms with Gasteiger partial charge in [-0.2, -0.15) is 17.5 Å². The highest BCUT2D eigenvalue weighted by Gasteiger charge is 2.34. The summed E-state index contributed by atoms with van der Waals surface area (Å²) in [7, 11) is -3.92. The molecule has 1 heterocycles. The summed E-state index contributed by atoms with van der Waals surface area (Å²) in [5.74, 6) is 0. The summed E-state index contributed by atoms with van der Waals surface area (Å²) >= 11 is 0. The second-order valence-corrected chi connectivity index (χ2v) is 6.68. The van der Waals surface area contributed by atoms with Gasteiger partial charge in [-0.1, -0.05) is 12.5 Å². The van der Waals surface area contributed by atoms with Crippen LogP contribution in [0.1, 0.15) is 24.8 Å². The van der Waals surface area contributed by atoms with Crippen LogP contribution in [0.2, 0.25) is 0 Å². The summed E-state index contributed by atoms with van der Waals surface area (Å²) in [5.41, 5.74) is -0.962. The molecule has 1 aliphatic rings. The summed E-state index contributed by atoms with van der Waals surface area (Å²) in [5, 5.41) is 0. The standard InChI is InChI=1S/C13H15F3NO2S/c1-10-5-2-3-8-17(10)20(18,19)12-7-4-6-11(9-12)13(14,15)16/h4,6-7,9-10H,1-3,5,8H2/t10-/m0/s1. The van der Waals surface area contributed by atoms with E-state index in [1.165, 1.54) is 10.4 Å². The molecule has 0 bridgehead atoms. The summed E-state index contributed by atoms with van der Waals surface area (Å²) in [6, 6.07) is 3.40. The van der Waals surface area contributed by atoms with Crippen molar-refractivity contribution >= 4 is 10.0 Å². The van der Waals surface area contributed by atoms with E-state index in [1.54, 1.807) is 0 Å². The van der Waals surface area contributed by atoms with Crippen molar-refractivity contribution in [2.24, 2.45) is 0 Å². The van der Waals surface area contributed by atoms with Crippen LogP contribution in [-0.2, 0) is 16.2 Å². The van der Waals surface area contributed by atoms with E-state index >= 15 is 0 Å². The van der Waals surface area contributed by atoms with Crippen molar-refractivity contribution in [1.29, 1.82) is 0 Å². The third kappa shape index (κ3) is 2.98. The van der Waals surface area contributed by atoms with E-state index in [2.05, 4.69) is 6.92 Å². The zero-order valence-electron chi connectivity index (χ0n) is 10.7. The van der Waals surface area contributed by atoms with E-state index in [0.717, 1.165) is 18.6 Å². The van der Waals surface area contributed by atoms with Crippen molar-refractivity contribution in [3.05, 3.63) is 36.8 Å². The second kappa shape index (κ2) is 5.37. The van der Waals surface area contributed by atoms with Crippen LogP contribution in [0.25, 0.3) is 0 Å². The fourth-order valence-electron chi connectivity index (χ4n) is 2.26. The van der Waals surface area contributed by atoms with E-state index in [4.69, 9.17) is 0 Å². The average Bonchev–Trinajstić information content (AvgIpc) is 2.38. The molecule has 7 heteroatoms. The van der Waals surface area contributed by atoms with Gasteiger partial charge in [-0.3, -0.25) is 0 Å². The Morgan fingerprint density at radius 3 is 2.55 bits per heavy atom. The van der Waals surface area contributed by atoms with Crippen molar-refractivity contribution in [2.45, 2.75) is 36.4 Å². The maximum Gasteiger partial charge on any atom is 0.416 e. The fourth-order valence-corrected chi connectivity index (χ4v) is 3.92. The minimum Gasteiger partial charge on any atom is -0.207 e. The smallest absolute Gasteiger partial charge is 0.207 e. The molecule has 3 nitrogen and oxygen atoms in total. The van der Waals surface area contributed by atoms with Gasteiger partial charge in [0, 0.05) is 12.6 Å². The van der Waals surface area contributed by atoms with Crippen molar-refractivity contribution in [1.82, 2.24) is 4.31 Å². The third-order valence-electron chi connectivity index (χ3n) is 3.34. The molecule has 0 spiro atoms. The van der Waals surface area contributed by atoms with E-state index in [9.17, 15) is 21.6 Å². The van der Waals surface area contributed by atoms with Crippen molar-refractivity contribution in [3.63, 3.8) is 0 Å². The maximum absolute atomic E-state index is 12.7. The van der Waals surface area contributed by atoms with Gasteiger partial charge >= 0.3 is 6.18 Å². The van der Waals surface area contributed by atoms with E-state index in [0.29, 0.717) is 25.5 Å². The first kappa shape index (κ1) is 15.3. The number of alkyl halides is 3. The Bertz CT molecular complexity index is 584. The molecule has 111 valence electrons. The van der Waals surface area contributed by atoms with Gasteiger partial charge in [-0.05, 0) is 38.0 Å². The van der Waals surface area contributed by atoms with Crippen LogP contribution in [-0.4, -0.2) is 25.3 Å². The monoisotopic (exact) mass is 306 g/mol. The predicted molar refractivity (Wildman–Crippen MR) is 68.3 cm³/mol. The van der Waals surface area contributed by atoms with Crippen LogP contribution in [0, 0.1) is 6.92 Å². The van der Waals surface area contributed by atoms with Gasteiger partial charge in [-0.25, -0.2) is 8.42 Å². The van der Waals surface area contributed by atoms with Crippen molar-refractivity contribution in [2.75, 3.05) is 6.54 Å². The Labute approximate surface area is 116 Å².